The molecule has 3 aromatic rings. The Bertz CT molecular complexity index is 1270. The lowest BCUT2D eigenvalue weighted by Gasteiger charge is -2.41. The molecule has 2 aromatic carbocycles. The molecule has 210 valence electrons. The number of hydrogen-bond donors (Lipinski definition) is 1. The lowest BCUT2D eigenvalue weighted by atomic mass is 9.71. The molecule has 1 aromatic heterocycles. The number of halogens is 2. The summed E-state index contributed by atoms with van der Waals surface area (Å²) in [5.74, 6) is 1.65. The highest BCUT2D eigenvalue weighted by Gasteiger charge is 2.37. The molecule has 0 aliphatic carbocycles. The van der Waals surface area contributed by atoms with Crippen LogP contribution < -0.4 is 9.47 Å². The topological polar surface area (TPSA) is 71.9 Å². The van der Waals surface area contributed by atoms with Crippen molar-refractivity contribution in [3.63, 3.8) is 0 Å². The second-order valence-corrected chi connectivity index (χ2v) is 11.7. The van der Waals surface area contributed by atoms with Crippen molar-refractivity contribution in [1.29, 1.82) is 0 Å². The summed E-state index contributed by atoms with van der Waals surface area (Å²) in [6.45, 7) is 2.59. The minimum atomic E-state index is -1.33. The number of rotatable bonds is 13. The zero-order chi connectivity index (χ0) is 27.8. The van der Waals surface area contributed by atoms with Crippen LogP contribution in [0, 0.1) is 5.41 Å². The number of thioether (sulfide) groups is 1. The van der Waals surface area contributed by atoms with E-state index in [2.05, 4.69) is 16.0 Å². The van der Waals surface area contributed by atoms with Gasteiger partial charge in [0.1, 0.15) is 17.7 Å². The molecule has 4 rings (SSSR count). The summed E-state index contributed by atoms with van der Waals surface area (Å²) < 4.78 is 26.5. The third kappa shape index (κ3) is 7.56. The first-order valence-corrected chi connectivity index (χ1v) is 14.7. The molecule has 0 amide bonds. The first-order chi connectivity index (χ1) is 18.8. The number of pyridine rings is 1. The van der Waals surface area contributed by atoms with Crippen molar-refractivity contribution >= 4 is 40.2 Å². The fourth-order valence-electron chi connectivity index (χ4n) is 5.49. The molecule has 1 N–H and O–H groups in total. The molecule has 1 atom stereocenters. The van der Waals surface area contributed by atoms with Gasteiger partial charge in [0.05, 0.1) is 31.2 Å². The van der Waals surface area contributed by atoms with Gasteiger partial charge in [-0.25, -0.2) is 4.39 Å². The number of para-hydroxylation sites is 1. The van der Waals surface area contributed by atoms with Crippen LogP contribution in [0.1, 0.15) is 50.3 Å². The van der Waals surface area contributed by atoms with Crippen LogP contribution in [0.15, 0.2) is 53.6 Å². The van der Waals surface area contributed by atoms with Gasteiger partial charge >= 0.3 is 5.97 Å². The van der Waals surface area contributed by atoms with E-state index in [0.717, 1.165) is 55.3 Å². The van der Waals surface area contributed by atoms with Crippen LogP contribution in [0.4, 0.5) is 4.39 Å². The molecule has 1 aliphatic rings. The predicted octanol–water partition coefficient (Wildman–Crippen LogP) is 7.44. The van der Waals surface area contributed by atoms with Gasteiger partial charge in [0, 0.05) is 22.0 Å². The van der Waals surface area contributed by atoms with E-state index in [1.165, 1.54) is 6.20 Å². The molecule has 1 saturated heterocycles. The van der Waals surface area contributed by atoms with E-state index in [1.807, 2.05) is 18.2 Å². The van der Waals surface area contributed by atoms with Gasteiger partial charge in [0.25, 0.3) is 0 Å². The Morgan fingerprint density at radius 2 is 1.97 bits per heavy atom. The maximum atomic E-state index is 15.8. The number of ether oxygens (including phenoxy) is 2. The lowest BCUT2D eigenvalue weighted by Crippen LogP contribution is -2.41. The van der Waals surface area contributed by atoms with Gasteiger partial charge < -0.3 is 19.5 Å². The average Bonchev–Trinajstić information content (AvgIpc) is 2.94. The number of aromatic nitrogens is 1. The standard InChI is InChI=1S/C30H36ClFN2O4S/c1-37-21-8-9-25-22(18-21)29(23(31)20-33-25)24(32)10-11-30(19-28(35)36)12-15-34(16-13-30)14-5-17-39-27-7-4-3-6-26(27)38-2/h3-4,6-9,18,20,24H,5,10-17,19H2,1-2H3,(H,35,36). The molecule has 6 nitrogen and oxygen atoms in total. The molecule has 0 bridgehead atoms. The fourth-order valence-corrected chi connectivity index (χ4v) is 6.72. The molecular weight excluding hydrogens is 539 g/mol. The Hall–Kier alpha value is -2.55. The fraction of sp³-hybridized carbons (Fsp3) is 0.467. The van der Waals surface area contributed by atoms with Gasteiger partial charge in [-0.15, -0.1) is 11.8 Å². The van der Waals surface area contributed by atoms with Crippen molar-refractivity contribution in [1.82, 2.24) is 9.88 Å². The zero-order valence-corrected chi connectivity index (χ0v) is 24.1. The largest absolute Gasteiger partial charge is 0.497 e. The monoisotopic (exact) mass is 574 g/mol. The Balaban J connectivity index is 1.34. The van der Waals surface area contributed by atoms with Crippen molar-refractivity contribution in [2.24, 2.45) is 5.41 Å². The van der Waals surface area contributed by atoms with Crippen LogP contribution >= 0.6 is 23.4 Å². The number of carbonyl (C=O) groups is 1. The minimum absolute atomic E-state index is 0.0514. The minimum Gasteiger partial charge on any atom is -0.497 e. The van der Waals surface area contributed by atoms with Gasteiger partial charge in [0.2, 0.25) is 0 Å². The Labute approximate surface area is 238 Å². The van der Waals surface area contributed by atoms with Crippen molar-refractivity contribution in [3.8, 4) is 11.5 Å². The summed E-state index contributed by atoms with van der Waals surface area (Å²) in [6, 6.07) is 13.4. The Morgan fingerprint density at radius 1 is 1.21 bits per heavy atom. The van der Waals surface area contributed by atoms with Crippen LogP contribution in [0.5, 0.6) is 11.5 Å². The first-order valence-electron chi connectivity index (χ1n) is 13.3. The van der Waals surface area contributed by atoms with E-state index >= 15 is 4.39 Å². The maximum absolute atomic E-state index is 15.8. The van der Waals surface area contributed by atoms with E-state index in [0.29, 0.717) is 28.6 Å². The number of carboxylic acids is 1. The smallest absolute Gasteiger partial charge is 0.303 e. The maximum Gasteiger partial charge on any atom is 0.303 e. The highest BCUT2D eigenvalue weighted by Crippen LogP contribution is 2.44. The summed E-state index contributed by atoms with van der Waals surface area (Å²) in [5, 5.41) is 10.6. The van der Waals surface area contributed by atoms with Crippen molar-refractivity contribution < 1.29 is 23.8 Å². The van der Waals surface area contributed by atoms with Crippen molar-refractivity contribution in [3.05, 3.63) is 59.2 Å². The number of piperidine rings is 1. The molecular formula is C30H36ClFN2O4S. The number of nitrogens with zero attached hydrogens (tertiary/aromatic N) is 2. The number of fused-ring (bicyclic) bond motifs is 1. The molecule has 0 radical (unpaired) electrons. The molecule has 0 spiro atoms. The second-order valence-electron chi connectivity index (χ2n) is 10.2. The number of alkyl halides is 1. The average molecular weight is 575 g/mol. The van der Waals surface area contributed by atoms with E-state index in [-0.39, 0.29) is 17.9 Å². The molecule has 2 heterocycles. The third-order valence-corrected chi connectivity index (χ3v) is 9.14. The summed E-state index contributed by atoms with van der Waals surface area (Å²) >= 11 is 8.20. The normalized spacial score (nSPS) is 16.2. The summed E-state index contributed by atoms with van der Waals surface area (Å²) in [5.41, 5.74) is 0.623. The quantitative estimate of drug-likeness (QED) is 0.168. The Morgan fingerprint density at radius 3 is 2.69 bits per heavy atom. The second kappa shape index (κ2) is 13.7. The number of aliphatic carboxylic acids is 1. The zero-order valence-electron chi connectivity index (χ0n) is 22.5. The van der Waals surface area contributed by atoms with Crippen LogP contribution in [0.3, 0.4) is 0 Å². The molecule has 9 heteroatoms. The van der Waals surface area contributed by atoms with Gasteiger partial charge in [-0.05, 0) is 93.2 Å². The van der Waals surface area contributed by atoms with Crippen molar-refractivity contribution in [2.45, 2.75) is 49.6 Å². The lowest BCUT2D eigenvalue weighted by molar-refractivity contribution is -0.141. The third-order valence-electron chi connectivity index (χ3n) is 7.70. The van der Waals surface area contributed by atoms with E-state index in [4.69, 9.17) is 21.1 Å². The van der Waals surface area contributed by atoms with Gasteiger partial charge in [-0.2, -0.15) is 0 Å². The highest BCUT2D eigenvalue weighted by molar-refractivity contribution is 7.99. The first kappa shape index (κ1) is 29.4. The number of hydrogen-bond acceptors (Lipinski definition) is 6. The van der Waals surface area contributed by atoms with Crippen LogP contribution in [0.25, 0.3) is 10.9 Å². The molecule has 39 heavy (non-hydrogen) atoms. The number of benzene rings is 2. The molecule has 1 unspecified atom stereocenters. The van der Waals surface area contributed by atoms with Crippen LogP contribution in [-0.2, 0) is 4.79 Å². The molecule has 0 saturated carbocycles. The van der Waals surface area contributed by atoms with Gasteiger partial charge in [-0.3, -0.25) is 9.78 Å². The highest BCUT2D eigenvalue weighted by atomic mass is 35.5. The SMILES string of the molecule is COc1ccc2ncc(Cl)c(C(F)CCC3(CC(=O)O)CCN(CCCSc4ccccc4OC)CC3)c2c1. The van der Waals surface area contributed by atoms with Crippen LogP contribution in [-0.4, -0.2) is 60.6 Å². The van der Waals surface area contributed by atoms with E-state index in [1.54, 1.807) is 44.2 Å². The Kier molecular flexibility index (Phi) is 10.3. The number of likely N-dealkylation sites (tertiary alicyclic amines) is 1. The predicted molar refractivity (Wildman–Crippen MR) is 155 cm³/mol. The summed E-state index contributed by atoms with van der Waals surface area (Å²) in [6.07, 6.45) is 3.41. The molecule has 1 aliphatic heterocycles. The number of methoxy groups -OCH3 is 2. The van der Waals surface area contributed by atoms with E-state index in [9.17, 15) is 9.90 Å². The van der Waals surface area contributed by atoms with Crippen LogP contribution in [0.2, 0.25) is 5.02 Å². The van der Waals surface area contributed by atoms with E-state index < -0.39 is 17.6 Å². The number of carboxylic acid groups (broad SMARTS) is 1. The summed E-state index contributed by atoms with van der Waals surface area (Å²) in [4.78, 5) is 19.7. The summed E-state index contributed by atoms with van der Waals surface area (Å²) in [7, 11) is 3.25. The van der Waals surface area contributed by atoms with Gasteiger partial charge in [-0.1, -0.05) is 23.7 Å². The van der Waals surface area contributed by atoms with Gasteiger partial charge in [0.15, 0.2) is 0 Å². The van der Waals surface area contributed by atoms with Crippen molar-refractivity contribution in [2.75, 3.05) is 39.6 Å². The molecule has 1 fully saturated rings.